The van der Waals surface area contributed by atoms with E-state index in [0.29, 0.717) is 10.2 Å². The zero-order chi connectivity index (χ0) is 7.72. The van der Waals surface area contributed by atoms with E-state index < -0.39 is 5.82 Å². The minimum Gasteiger partial charge on any atom is -0.226 e. The molecule has 1 nitrogen and oxygen atoms in total. The highest BCUT2D eigenvalue weighted by molar-refractivity contribution is 9.10. The molecule has 0 aliphatic heterocycles. The summed E-state index contributed by atoms with van der Waals surface area (Å²) in [4.78, 5) is 3.64. The average Bonchev–Trinajstić information content (AvgIpc) is 1.82. The zero-order valence-corrected chi connectivity index (χ0v) is 7.50. The van der Waals surface area contributed by atoms with Crippen LogP contribution in [0.15, 0.2) is 10.7 Å². The molecule has 0 unspecified atom stereocenters. The van der Waals surface area contributed by atoms with Crippen LogP contribution < -0.4 is 0 Å². The van der Waals surface area contributed by atoms with Crippen molar-refractivity contribution in [1.82, 2.24) is 4.98 Å². The van der Waals surface area contributed by atoms with Crippen LogP contribution in [0.4, 0.5) is 4.39 Å². The first-order valence-corrected chi connectivity index (χ1v) is 3.76. The maximum Gasteiger partial charge on any atom is 0.166 e. The van der Waals surface area contributed by atoms with Gasteiger partial charge in [-0.1, -0.05) is 11.6 Å². The summed E-state index contributed by atoms with van der Waals surface area (Å²) < 4.78 is 13.2. The van der Waals surface area contributed by atoms with Crippen LogP contribution in [0.5, 0.6) is 0 Å². The molecule has 0 spiro atoms. The molecule has 1 aromatic heterocycles. The Hall–Kier alpha value is -0.150. The van der Waals surface area contributed by atoms with Gasteiger partial charge in [0.1, 0.15) is 4.60 Å². The van der Waals surface area contributed by atoms with Crippen LogP contribution in [0.1, 0.15) is 5.56 Å². The van der Waals surface area contributed by atoms with Crippen LogP contribution >= 0.6 is 27.5 Å². The highest BCUT2D eigenvalue weighted by Gasteiger charge is 2.04. The number of hydrogen-bond acceptors (Lipinski definition) is 1. The molecule has 0 amide bonds. The van der Waals surface area contributed by atoms with Gasteiger partial charge >= 0.3 is 0 Å². The van der Waals surface area contributed by atoms with Gasteiger partial charge in [0, 0.05) is 0 Å². The summed E-state index contributed by atoms with van der Waals surface area (Å²) in [6, 6.07) is 1.57. The molecule has 10 heavy (non-hydrogen) atoms. The van der Waals surface area contributed by atoms with Gasteiger partial charge in [-0.05, 0) is 34.5 Å². The standard InChI is InChI=1S/C6H4BrClFN/c1-3-2-4(7)10-6(8)5(3)9/h2H,1H3. The zero-order valence-electron chi connectivity index (χ0n) is 5.16. The molecule has 0 aliphatic carbocycles. The fourth-order valence-corrected chi connectivity index (χ4v) is 1.44. The Balaban J connectivity index is 3.31. The van der Waals surface area contributed by atoms with Crippen molar-refractivity contribution in [3.8, 4) is 0 Å². The summed E-state index contributed by atoms with van der Waals surface area (Å²) in [5, 5.41) is -0.0909. The Morgan fingerprint density at radius 3 is 2.80 bits per heavy atom. The number of nitrogens with zero attached hydrogens (tertiary/aromatic N) is 1. The monoisotopic (exact) mass is 223 g/mol. The van der Waals surface area contributed by atoms with Gasteiger partial charge in [0.2, 0.25) is 0 Å². The van der Waals surface area contributed by atoms with E-state index in [4.69, 9.17) is 11.6 Å². The Kier molecular flexibility index (Phi) is 2.26. The fourth-order valence-electron chi connectivity index (χ4n) is 0.580. The van der Waals surface area contributed by atoms with Gasteiger partial charge in [-0.25, -0.2) is 9.37 Å². The van der Waals surface area contributed by atoms with Crippen molar-refractivity contribution in [3.63, 3.8) is 0 Å². The first-order valence-electron chi connectivity index (χ1n) is 2.59. The number of hydrogen-bond donors (Lipinski definition) is 0. The summed E-state index contributed by atoms with van der Waals surface area (Å²) in [5.74, 6) is -0.454. The lowest BCUT2D eigenvalue weighted by molar-refractivity contribution is 0.611. The molecule has 0 aromatic carbocycles. The highest BCUT2D eigenvalue weighted by atomic mass is 79.9. The topological polar surface area (TPSA) is 12.9 Å². The van der Waals surface area contributed by atoms with Crippen molar-refractivity contribution >= 4 is 27.5 Å². The summed E-state index contributed by atoms with van der Waals surface area (Å²) >= 11 is 8.49. The summed E-state index contributed by atoms with van der Waals surface area (Å²) in [7, 11) is 0. The third-order valence-electron chi connectivity index (χ3n) is 1.07. The Morgan fingerprint density at radius 1 is 1.70 bits per heavy atom. The third kappa shape index (κ3) is 1.47. The second kappa shape index (κ2) is 2.84. The summed E-state index contributed by atoms with van der Waals surface area (Å²) in [5.41, 5.74) is 0.492. The molecule has 0 atom stereocenters. The maximum absolute atomic E-state index is 12.7. The fraction of sp³-hybridized carbons (Fsp3) is 0.167. The number of rotatable bonds is 0. The first kappa shape index (κ1) is 7.95. The lowest BCUT2D eigenvalue weighted by Crippen LogP contribution is -1.87. The van der Waals surface area contributed by atoms with Crippen molar-refractivity contribution in [2.45, 2.75) is 6.92 Å². The van der Waals surface area contributed by atoms with E-state index in [2.05, 4.69) is 20.9 Å². The quantitative estimate of drug-likeness (QED) is 0.618. The van der Waals surface area contributed by atoms with Crippen molar-refractivity contribution in [2.75, 3.05) is 0 Å². The first-order chi connectivity index (χ1) is 4.61. The molecule has 0 fully saturated rings. The molecular formula is C6H4BrClFN. The predicted octanol–water partition coefficient (Wildman–Crippen LogP) is 2.95. The Bertz CT molecular complexity index is 241. The molecule has 1 heterocycles. The Labute approximate surface area is 71.4 Å². The SMILES string of the molecule is Cc1cc(Br)nc(Cl)c1F. The lowest BCUT2D eigenvalue weighted by Gasteiger charge is -1.97. The second-order valence-electron chi connectivity index (χ2n) is 1.87. The van der Waals surface area contributed by atoms with Gasteiger partial charge in [0.25, 0.3) is 0 Å². The van der Waals surface area contributed by atoms with E-state index >= 15 is 0 Å². The van der Waals surface area contributed by atoms with Crippen molar-refractivity contribution < 1.29 is 4.39 Å². The minimum absolute atomic E-state index is 0.0909. The molecule has 0 N–H and O–H groups in total. The normalized spacial score (nSPS) is 10.0. The Morgan fingerprint density at radius 2 is 2.30 bits per heavy atom. The molecule has 0 saturated carbocycles. The highest BCUT2D eigenvalue weighted by Crippen LogP contribution is 2.18. The number of aromatic nitrogens is 1. The van der Waals surface area contributed by atoms with Crippen LogP contribution in [-0.4, -0.2) is 4.98 Å². The smallest absolute Gasteiger partial charge is 0.166 e. The van der Waals surface area contributed by atoms with Crippen LogP contribution in [0.25, 0.3) is 0 Å². The van der Waals surface area contributed by atoms with Gasteiger partial charge in [-0.2, -0.15) is 0 Å². The maximum atomic E-state index is 12.7. The minimum atomic E-state index is -0.454. The summed E-state index contributed by atoms with van der Waals surface area (Å²) in [6.45, 7) is 1.63. The van der Waals surface area contributed by atoms with Crippen molar-refractivity contribution in [2.24, 2.45) is 0 Å². The number of halogens is 3. The third-order valence-corrected chi connectivity index (χ3v) is 1.72. The van der Waals surface area contributed by atoms with Crippen LogP contribution in [0.3, 0.4) is 0 Å². The largest absolute Gasteiger partial charge is 0.226 e. The van der Waals surface area contributed by atoms with Gasteiger partial charge in [-0.15, -0.1) is 0 Å². The van der Waals surface area contributed by atoms with E-state index in [1.165, 1.54) is 0 Å². The van der Waals surface area contributed by atoms with E-state index in [-0.39, 0.29) is 5.15 Å². The van der Waals surface area contributed by atoms with Crippen LogP contribution in [0, 0.1) is 12.7 Å². The van der Waals surface area contributed by atoms with E-state index in [1.807, 2.05) is 0 Å². The van der Waals surface area contributed by atoms with Crippen molar-refractivity contribution in [3.05, 3.63) is 27.2 Å². The molecule has 4 heteroatoms. The predicted molar refractivity (Wildman–Crippen MR) is 41.6 cm³/mol. The van der Waals surface area contributed by atoms with Gasteiger partial charge in [0.15, 0.2) is 11.0 Å². The van der Waals surface area contributed by atoms with Gasteiger partial charge in [-0.3, -0.25) is 0 Å². The average molecular weight is 224 g/mol. The van der Waals surface area contributed by atoms with E-state index in [0.717, 1.165) is 0 Å². The molecule has 1 aromatic rings. The summed E-state index contributed by atoms with van der Waals surface area (Å²) in [6.07, 6.45) is 0. The lowest BCUT2D eigenvalue weighted by atomic mass is 10.3. The second-order valence-corrected chi connectivity index (χ2v) is 3.04. The number of aryl methyl sites for hydroxylation is 1. The molecule has 0 aliphatic rings. The molecular weight excluding hydrogens is 220 g/mol. The van der Waals surface area contributed by atoms with Gasteiger partial charge in [0.05, 0.1) is 0 Å². The van der Waals surface area contributed by atoms with Crippen LogP contribution in [-0.2, 0) is 0 Å². The van der Waals surface area contributed by atoms with Gasteiger partial charge < -0.3 is 0 Å². The van der Waals surface area contributed by atoms with E-state index in [9.17, 15) is 4.39 Å². The molecule has 1 rings (SSSR count). The van der Waals surface area contributed by atoms with Crippen LogP contribution in [0.2, 0.25) is 5.15 Å². The molecule has 0 radical (unpaired) electrons. The number of pyridine rings is 1. The molecule has 0 bridgehead atoms. The molecule has 54 valence electrons. The molecule has 0 saturated heterocycles. The van der Waals surface area contributed by atoms with E-state index in [1.54, 1.807) is 13.0 Å². The van der Waals surface area contributed by atoms with Crippen molar-refractivity contribution in [1.29, 1.82) is 0 Å².